The van der Waals surface area contributed by atoms with Crippen LogP contribution in [0.1, 0.15) is 76.1 Å². The second-order valence-corrected chi connectivity index (χ2v) is 12.2. The molecule has 2 heterocycles. The Morgan fingerprint density at radius 2 is 1.67 bits per heavy atom. The molecule has 0 fully saturated rings. The van der Waals surface area contributed by atoms with Gasteiger partial charge in [0.15, 0.2) is 5.76 Å². The molecule has 0 aliphatic carbocycles. The average Bonchev–Trinajstić information content (AvgIpc) is 3.39. The van der Waals surface area contributed by atoms with Gasteiger partial charge in [0.25, 0.3) is 11.8 Å². The predicted octanol–water partition coefficient (Wildman–Crippen LogP) is 4.34. The number of nitrogens with one attached hydrogen (secondary N) is 1. The second kappa shape index (κ2) is 15.3. The Balaban J connectivity index is 1.79. The predicted molar refractivity (Wildman–Crippen MR) is 160 cm³/mol. The molecular formula is C30H32N4O8S. The number of aryl methyl sites for hydroxylation is 1. The van der Waals surface area contributed by atoms with Crippen molar-refractivity contribution < 1.29 is 38.0 Å². The second-order valence-electron chi connectivity index (χ2n) is 9.65. The van der Waals surface area contributed by atoms with E-state index in [1.54, 1.807) is 37.3 Å². The molecule has 3 rings (SSSR count). The number of unbranched alkanes of at least 4 members (excludes halogenated alkanes) is 2. The van der Waals surface area contributed by atoms with Crippen molar-refractivity contribution in [3.8, 4) is 11.8 Å². The fraction of sp³-hybridized carbons (Fsp3) is 0.300. The number of benzene rings is 1. The highest BCUT2D eigenvalue weighted by Gasteiger charge is 2.16. The zero-order valence-electron chi connectivity index (χ0n) is 23.5. The van der Waals surface area contributed by atoms with E-state index in [4.69, 9.17) is 20.4 Å². The van der Waals surface area contributed by atoms with E-state index >= 15 is 0 Å². The van der Waals surface area contributed by atoms with Gasteiger partial charge in [0.1, 0.15) is 5.82 Å². The van der Waals surface area contributed by atoms with E-state index in [-0.39, 0.29) is 72.7 Å². The molecule has 2 aromatic heterocycles. The van der Waals surface area contributed by atoms with Crippen molar-refractivity contribution in [2.24, 2.45) is 4.36 Å². The maximum absolute atomic E-state index is 13.5. The van der Waals surface area contributed by atoms with Gasteiger partial charge in [-0.3, -0.25) is 19.2 Å². The quantitative estimate of drug-likeness (QED) is 0.160. The number of pyridine rings is 1. The number of amides is 2. The van der Waals surface area contributed by atoms with E-state index in [0.29, 0.717) is 16.8 Å². The first-order valence-corrected chi connectivity index (χ1v) is 15.2. The maximum atomic E-state index is 13.5. The van der Waals surface area contributed by atoms with E-state index in [1.165, 1.54) is 18.5 Å². The van der Waals surface area contributed by atoms with E-state index in [2.05, 4.69) is 26.5 Å². The summed E-state index contributed by atoms with van der Waals surface area (Å²) >= 11 is 0. The number of rotatable bonds is 13. The topological polar surface area (TPSA) is 202 Å². The molecule has 0 unspecified atom stereocenters. The van der Waals surface area contributed by atoms with Crippen molar-refractivity contribution in [3.05, 3.63) is 76.9 Å². The van der Waals surface area contributed by atoms with Gasteiger partial charge in [0.05, 0.1) is 27.1 Å². The Kier molecular flexibility index (Phi) is 11.6. The lowest BCUT2D eigenvalue weighted by molar-refractivity contribution is -0.138. The van der Waals surface area contributed by atoms with Crippen LogP contribution in [-0.2, 0) is 19.3 Å². The van der Waals surface area contributed by atoms with Crippen LogP contribution in [0.15, 0.2) is 57.6 Å². The Morgan fingerprint density at radius 1 is 1.00 bits per heavy atom. The largest absolute Gasteiger partial charge is 0.481 e. The third kappa shape index (κ3) is 10.4. The van der Waals surface area contributed by atoms with Gasteiger partial charge in [-0.1, -0.05) is 17.9 Å². The van der Waals surface area contributed by atoms with Gasteiger partial charge in [0.2, 0.25) is 0 Å². The van der Waals surface area contributed by atoms with Gasteiger partial charge in [-0.2, -0.15) is 4.36 Å². The van der Waals surface area contributed by atoms with Gasteiger partial charge >= 0.3 is 11.9 Å². The number of nitrogens with two attached hydrogens (primary N) is 1. The molecular weight excluding hydrogens is 576 g/mol. The summed E-state index contributed by atoms with van der Waals surface area (Å²) in [5.41, 5.74) is 7.95. The molecule has 3 aromatic rings. The van der Waals surface area contributed by atoms with Crippen LogP contribution in [0.25, 0.3) is 0 Å². The van der Waals surface area contributed by atoms with Crippen LogP contribution in [0.3, 0.4) is 0 Å². The normalized spacial score (nSPS) is 10.8. The Bertz CT molecular complexity index is 1660. The molecule has 0 spiro atoms. The summed E-state index contributed by atoms with van der Waals surface area (Å²) in [6, 6.07) is 9.85. The summed E-state index contributed by atoms with van der Waals surface area (Å²) in [4.78, 5) is 51.2. The van der Waals surface area contributed by atoms with Crippen LogP contribution < -0.4 is 11.1 Å². The van der Waals surface area contributed by atoms with E-state index < -0.39 is 33.5 Å². The van der Waals surface area contributed by atoms with Crippen molar-refractivity contribution >= 4 is 45.0 Å². The standard InChI is InChI=1S/C30H32N4O8S/c1-20-13-14-42-27(20)30(40)33-24-8-6-7-21(17-24)11-12-22-18-23(19-32-28(22)31)29(39)34-43(41,15-4-2-9-25(35)36)16-5-3-10-26(37)38/h6-8,13-14,17-19H,2-5,9-10,15-16H2,1H3,(H2,31,32)(H,33,40)(H,35,36)(H,37,38). The fourth-order valence-electron chi connectivity index (χ4n) is 3.90. The molecule has 0 saturated carbocycles. The summed E-state index contributed by atoms with van der Waals surface area (Å²) in [6.07, 6.45) is 3.50. The van der Waals surface area contributed by atoms with Crippen molar-refractivity contribution in [1.82, 2.24) is 4.98 Å². The molecule has 0 atom stereocenters. The number of carbonyl (C=O) groups is 4. The lowest BCUT2D eigenvalue weighted by Gasteiger charge is -2.10. The first kappa shape index (κ1) is 32.6. The minimum absolute atomic E-state index is 0.000520. The van der Waals surface area contributed by atoms with Gasteiger partial charge in [-0.05, 0) is 62.9 Å². The number of carboxylic acids is 2. The number of aromatic nitrogens is 1. The highest BCUT2D eigenvalue weighted by Crippen LogP contribution is 2.17. The molecule has 0 radical (unpaired) electrons. The van der Waals surface area contributed by atoms with Gasteiger partial charge < -0.3 is 25.7 Å². The smallest absolute Gasteiger partial charge is 0.303 e. The first-order chi connectivity index (χ1) is 20.5. The van der Waals surface area contributed by atoms with Crippen LogP contribution in [0, 0.1) is 18.8 Å². The third-order valence-corrected chi connectivity index (χ3v) is 8.50. The van der Waals surface area contributed by atoms with E-state index in [9.17, 15) is 23.4 Å². The van der Waals surface area contributed by atoms with Gasteiger partial charge in [-0.25, -0.2) is 9.19 Å². The Hall–Kier alpha value is -4.96. The molecule has 0 aliphatic heterocycles. The van der Waals surface area contributed by atoms with Crippen LogP contribution in [0.5, 0.6) is 0 Å². The Morgan fingerprint density at radius 3 is 2.28 bits per heavy atom. The number of hydrogen-bond donors (Lipinski definition) is 4. The number of anilines is 2. The average molecular weight is 609 g/mol. The van der Waals surface area contributed by atoms with Crippen molar-refractivity contribution in [3.63, 3.8) is 0 Å². The molecule has 5 N–H and O–H groups in total. The molecule has 2 amide bonds. The maximum Gasteiger partial charge on any atom is 0.303 e. The molecule has 12 nitrogen and oxygen atoms in total. The molecule has 1 aromatic carbocycles. The first-order valence-electron chi connectivity index (χ1n) is 13.4. The monoisotopic (exact) mass is 608 g/mol. The van der Waals surface area contributed by atoms with Gasteiger partial charge in [0, 0.05) is 47.4 Å². The minimum Gasteiger partial charge on any atom is -0.481 e. The molecule has 226 valence electrons. The van der Waals surface area contributed by atoms with Crippen LogP contribution in [-0.4, -0.2) is 54.7 Å². The summed E-state index contributed by atoms with van der Waals surface area (Å²) < 4.78 is 22.7. The number of nitrogen functional groups attached to an aromatic ring is 1. The minimum atomic E-state index is -3.09. The van der Waals surface area contributed by atoms with E-state index in [1.807, 2.05) is 0 Å². The molecule has 0 saturated heterocycles. The number of furan rings is 1. The molecule has 43 heavy (non-hydrogen) atoms. The summed E-state index contributed by atoms with van der Waals surface area (Å²) in [5, 5.41) is 20.5. The summed E-state index contributed by atoms with van der Waals surface area (Å²) in [7, 11) is -3.09. The Labute approximate surface area is 248 Å². The lowest BCUT2D eigenvalue weighted by atomic mass is 10.1. The third-order valence-electron chi connectivity index (χ3n) is 6.15. The zero-order valence-corrected chi connectivity index (χ0v) is 24.3. The number of carboxylic acid groups (broad SMARTS) is 2. The molecule has 0 aliphatic rings. The zero-order chi connectivity index (χ0) is 31.4. The lowest BCUT2D eigenvalue weighted by Crippen LogP contribution is -2.15. The molecule has 13 heteroatoms. The fourth-order valence-corrected chi connectivity index (χ4v) is 6.01. The van der Waals surface area contributed by atoms with Gasteiger partial charge in [-0.15, -0.1) is 0 Å². The number of carbonyl (C=O) groups excluding carboxylic acids is 2. The van der Waals surface area contributed by atoms with Crippen LogP contribution >= 0.6 is 0 Å². The molecule has 0 bridgehead atoms. The summed E-state index contributed by atoms with van der Waals surface area (Å²) in [5.74, 6) is 2.88. The van der Waals surface area contributed by atoms with Crippen LogP contribution in [0.2, 0.25) is 0 Å². The SMILES string of the molecule is Cc1ccoc1C(=O)Nc1cccc(C#Cc2cc(C(=O)N=S(=O)(CCCCC(=O)O)CCCCC(=O)O)cnc2N)c1. The number of aliphatic carboxylic acids is 2. The summed E-state index contributed by atoms with van der Waals surface area (Å²) in [6.45, 7) is 1.76. The highest BCUT2D eigenvalue weighted by molar-refractivity contribution is 7.93. The number of hydrogen-bond acceptors (Lipinski definition) is 8. The van der Waals surface area contributed by atoms with Crippen LogP contribution in [0.4, 0.5) is 11.5 Å². The van der Waals surface area contributed by atoms with Crippen molar-refractivity contribution in [2.45, 2.75) is 45.4 Å². The number of nitrogens with zero attached hydrogens (tertiary/aromatic N) is 2. The highest BCUT2D eigenvalue weighted by atomic mass is 32.2. The van der Waals surface area contributed by atoms with Crippen molar-refractivity contribution in [2.75, 3.05) is 22.6 Å². The van der Waals surface area contributed by atoms with Crippen molar-refractivity contribution in [1.29, 1.82) is 0 Å². The van der Waals surface area contributed by atoms with E-state index in [0.717, 1.165) is 0 Å².